The molecule has 10 heteroatoms. The molecule has 1 aliphatic heterocycles. The number of amides is 1. The molecule has 1 aliphatic carbocycles. The van der Waals surface area contributed by atoms with Crippen LogP contribution in [0.5, 0.6) is 5.75 Å². The third-order valence-corrected chi connectivity index (χ3v) is 8.70. The summed E-state index contributed by atoms with van der Waals surface area (Å²) in [7, 11) is 1.58. The summed E-state index contributed by atoms with van der Waals surface area (Å²) in [6.45, 7) is 3.08. The average Bonchev–Trinajstić information content (AvgIpc) is 3.40. The van der Waals surface area contributed by atoms with Crippen LogP contribution in [0, 0.1) is 17.7 Å². The fraction of sp³-hybridized carbons (Fsp3) is 0.594. The van der Waals surface area contributed by atoms with E-state index in [0.717, 1.165) is 25.0 Å². The number of aliphatic hydroxyl groups is 1. The number of alkyl halides is 3. The van der Waals surface area contributed by atoms with E-state index in [9.17, 15) is 23.1 Å². The van der Waals surface area contributed by atoms with Gasteiger partial charge in [0, 0.05) is 50.2 Å². The molecule has 4 atom stereocenters. The Morgan fingerprint density at radius 1 is 1.14 bits per heavy atom. The van der Waals surface area contributed by atoms with Crippen LogP contribution in [0.15, 0.2) is 36.4 Å². The standard InChI is InChI=1S/C32H42F4N2O4/c1-3-42-26-18-22(16-24(19-26)32(34,35)36)29-27(9-6-10-28(29)33)31(40,13-4-5-15-41-2)23-8-7-14-38(20-23)30(39)21-11-12-25(37)17-21/h6,9-10,16,18-19,21,23,25,40H,3-5,7-8,11-15,17,20,37H2,1-2H3/t21-,23-,25+,31?/m1/s1. The topological polar surface area (TPSA) is 85.0 Å². The maximum Gasteiger partial charge on any atom is 0.416 e. The molecule has 1 amide bonds. The lowest BCUT2D eigenvalue weighted by Gasteiger charge is -2.44. The Kier molecular flexibility index (Phi) is 10.5. The number of unbranched alkanes of at least 4 members (excludes halogenated alkanes) is 1. The van der Waals surface area contributed by atoms with Crippen LogP contribution in [-0.2, 0) is 21.3 Å². The Morgan fingerprint density at radius 2 is 1.93 bits per heavy atom. The first kappa shape index (κ1) is 32.2. The second kappa shape index (κ2) is 13.7. The Hall–Kier alpha value is -2.69. The van der Waals surface area contributed by atoms with E-state index in [4.69, 9.17) is 15.2 Å². The SMILES string of the molecule is CCOc1cc(-c2c(F)cccc2C(O)(CCCCOC)[C@@H]2CCCN(C(=O)[C@@H]3CC[C@H](N)C3)C2)cc(C(F)(F)F)c1. The van der Waals surface area contributed by atoms with E-state index in [2.05, 4.69) is 0 Å². The molecule has 42 heavy (non-hydrogen) atoms. The molecule has 4 rings (SSSR count). The Bertz CT molecular complexity index is 1220. The Balaban J connectivity index is 1.78. The number of hydrogen-bond acceptors (Lipinski definition) is 5. The van der Waals surface area contributed by atoms with E-state index < -0.39 is 29.1 Å². The molecule has 1 heterocycles. The molecule has 2 fully saturated rings. The first-order valence-corrected chi connectivity index (χ1v) is 14.9. The van der Waals surface area contributed by atoms with Crippen LogP contribution < -0.4 is 10.5 Å². The molecule has 0 aromatic heterocycles. The molecule has 0 spiro atoms. The normalized spacial score (nSPS) is 22.7. The maximum absolute atomic E-state index is 15.7. The number of carbonyl (C=O) groups excluding carboxylic acids is 1. The van der Waals surface area contributed by atoms with Gasteiger partial charge in [0.15, 0.2) is 0 Å². The van der Waals surface area contributed by atoms with Gasteiger partial charge in [0.1, 0.15) is 11.6 Å². The lowest BCUT2D eigenvalue weighted by atomic mass is 9.71. The molecule has 0 radical (unpaired) electrons. The number of carbonyl (C=O) groups is 1. The number of likely N-dealkylation sites (tertiary alicyclic amines) is 1. The summed E-state index contributed by atoms with van der Waals surface area (Å²) in [6, 6.07) is 7.42. The Labute approximate surface area is 245 Å². The zero-order valence-corrected chi connectivity index (χ0v) is 24.4. The minimum Gasteiger partial charge on any atom is -0.494 e. The summed E-state index contributed by atoms with van der Waals surface area (Å²) < 4.78 is 68.0. The van der Waals surface area contributed by atoms with Gasteiger partial charge >= 0.3 is 6.18 Å². The van der Waals surface area contributed by atoms with Gasteiger partial charge in [-0.05, 0) is 93.7 Å². The summed E-state index contributed by atoms with van der Waals surface area (Å²) in [4.78, 5) is 15.2. The molecule has 2 aromatic rings. The highest BCUT2D eigenvalue weighted by Crippen LogP contribution is 2.46. The number of piperidine rings is 1. The van der Waals surface area contributed by atoms with Gasteiger partial charge in [0.05, 0.1) is 17.8 Å². The number of methoxy groups -OCH3 is 1. The quantitative estimate of drug-likeness (QED) is 0.236. The lowest BCUT2D eigenvalue weighted by molar-refractivity contribution is -0.141. The van der Waals surface area contributed by atoms with Crippen molar-refractivity contribution in [3.05, 3.63) is 53.3 Å². The minimum absolute atomic E-state index is 0.00106. The van der Waals surface area contributed by atoms with Crippen molar-refractivity contribution in [1.82, 2.24) is 4.90 Å². The van der Waals surface area contributed by atoms with Gasteiger partial charge in [0.25, 0.3) is 0 Å². The summed E-state index contributed by atoms with van der Waals surface area (Å²) in [5, 5.41) is 12.6. The maximum atomic E-state index is 15.7. The molecule has 1 saturated heterocycles. The van der Waals surface area contributed by atoms with Gasteiger partial charge in [-0.15, -0.1) is 0 Å². The van der Waals surface area contributed by atoms with Crippen molar-refractivity contribution < 1.29 is 36.9 Å². The molecule has 1 saturated carbocycles. The van der Waals surface area contributed by atoms with Crippen molar-refractivity contribution in [1.29, 1.82) is 0 Å². The van der Waals surface area contributed by atoms with E-state index >= 15 is 4.39 Å². The van der Waals surface area contributed by atoms with Gasteiger partial charge < -0.3 is 25.2 Å². The van der Waals surface area contributed by atoms with Gasteiger partial charge in [0.2, 0.25) is 5.91 Å². The summed E-state index contributed by atoms with van der Waals surface area (Å²) in [5.41, 5.74) is 3.57. The van der Waals surface area contributed by atoms with Crippen molar-refractivity contribution in [3.63, 3.8) is 0 Å². The molecule has 2 aromatic carbocycles. The second-order valence-electron chi connectivity index (χ2n) is 11.6. The van der Waals surface area contributed by atoms with Crippen LogP contribution >= 0.6 is 0 Å². The van der Waals surface area contributed by atoms with E-state index in [1.54, 1.807) is 25.0 Å². The molecule has 2 aliphatic rings. The van der Waals surface area contributed by atoms with Crippen LogP contribution in [-0.4, -0.2) is 55.4 Å². The van der Waals surface area contributed by atoms with Crippen molar-refractivity contribution >= 4 is 5.91 Å². The highest BCUT2D eigenvalue weighted by atomic mass is 19.4. The fourth-order valence-corrected chi connectivity index (χ4v) is 6.60. The molecular weight excluding hydrogens is 552 g/mol. The minimum atomic E-state index is -4.68. The summed E-state index contributed by atoms with van der Waals surface area (Å²) in [5.74, 6) is -1.36. The zero-order valence-electron chi connectivity index (χ0n) is 24.4. The predicted octanol–water partition coefficient (Wildman–Crippen LogP) is 6.28. The summed E-state index contributed by atoms with van der Waals surface area (Å²) >= 11 is 0. The van der Waals surface area contributed by atoms with E-state index in [1.165, 1.54) is 18.2 Å². The number of ether oxygens (including phenoxy) is 2. The molecular formula is C32H42F4N2O4. The molecule has 3 N–H and O–H groups in total. The number of benzene rings is 2. The molecule has 6 nitrogen and oxygen atoms in total. The van der Waals surface area contributed by atoms with Crippen LogP contribution in [0.1, 0.15) is 69.4 Å². The largest absolute Gasteiger partial charge is 0.494 e. The van der Waals surface area contributed by atoms with E-state index in [1.807, 2.05) is 0 Å². The van der Waals surface area contributed by atoms with Crippen LogP contribution in [0.4, 0.5) is 17.6 Å². The van der Waals surface area contributed by atoms with Gasteiger partial charge in [-0.3, -0.25) is 4.79 Å². The van der Waals surface area contributed by atoms with E-state index in [0.29, 0.717) is 45.3 Å². The molecule has 1 unspecified atom stereocenters. The number of nitrogens with zero attached hydrogens (tertiary/aromatic N) is 1. The third-order valence-electron chi connectivity index (χ3n) is 8.70. The monoisotopic (exact) mass is 594 g/mol. The number of nitrogens with two attached hydrogens (primary N) is 1. The third kappa shape index (κ3) is 7.26. The smallest absolute Gasteiger partial charge is 0.416 e. The highest BCUT2D eigenvalue weighted by molar-refractivity contribution is 5.79. The average molecular weight is 595 g/mol. The second-order valence-corrected chi connectivity index (χ2v) is 11.6. The van der Waals surface area contributed by atoms with Crippen LogP contribution in [0.3, 0.4) is 0 Å². The number of rotatable bonds is 11. The predicted molar refractivity (Wildman–Crippen MR) is 152 cm³/mol. The van der Waals surface area contributed by atoms with Crippen LogP contribution in [0.2, 0.25) is 0 Å². The van der Waals surface area contributed by atoms with Crippen molar-refractivity contribution in [2.45, 2.75) is 76.1 Å². The lowest BCUT2D eigenvalue weighted by Crippen LogP contribution is -2.49. The van der Waals surface area contributed by atoms with Crippen molar-refractivity contribution in [2.24, 2.45) is 17.6 Å². The molecule has 0 bridgehead atoms. The van der Waals surface area contributed by atoms with Crippen molar-refractivity contribution in [3.8, 4) is 16.9 Å². The number of halogens is 4. The zero-order chi connectivity index (χ0) is 30.5. The number of hydrogen-bond donors (Lipinski definition) is 2. The van der Waals surface area contributed by atoms with Crippen LogP contribution in [0.25, 0.3) is 11.1 Å². The van der Waals surface area contributed by atoms with E-state index in [-0.39, 0.29) is 59.9 Å². The summed E-state index contributed by atoms with van der Waals surface area (Å²) in [6.07, 6.45) is 0.106. The van der Waals surface area contributed by atoms with Gasteiger partial charge in [-0.1, -0.05) is 12.1 Å². The fourth-order valence-electron chi connectivity index (χ4n) is 6.60. The Morgan fingerprint density at radius 3 is 2.60 bits per heavy atom. The highest BCUT2D eigenvalue weighted by Gasteiger charge is 2.44. The molecule has 232 valence electrons. The first-order valence-electron chi connectivity index (χ1n) is 14.9. The van der Waals surface area contributed by atoms with Gasteiger partial charge in [-0.25, -0.2) is 4.39 Å². The van der Waals surface area contributed by atoms with Crippen molar-refractivity contribution in [2.75, 3.05) is 33.4 Å². The van der Waals surface area contributed by atoms with Gasteiger partial charge in [-0.2, -0.15) is 13.2 Å². The first-order chi connectivity index (χ1) is 20.0.